The number of Topliss-reactive ketones (excluding diaryl/α,β-unsaturated/α-hetero) is 1. The first-order chi connectivity index (χ1) is 10.8. The molecule has 0 bridgehead atoms. The Balaban J connectivity index is 1.41. The van der Waals surface area contributed by atoms with Gasteiger partial charge in [0.05, 0.1) is 5.39 Å². The van der Waals surface area contributed by atoms with Crippen molar-refractivity contribution in [3.63, 3.8) is 0 Å². The van der Waals surface area contributed by atoms with Crippen LogP contribution in [0, 0.1) is 6.42 Å². The Morgan fingerprint density at radius 3 is 2.82 bits per heavy atom. The van der Waals surface area contributed by atoms with Crippen LogP contribution in [0.2, 0.25) is 0 Å². The standard InChI is InChI=1S/C18H23N2O2/c21-16(18-15-9-4-5-11-17(15)22-19-18)10-3-1-6-12-20-13-7-2-8-14-20/h2,4-5,9,11H,1,3,6-8,10,12-14H2. The second kappa shape index (κ2) is 7.54. The Labute approximate surface area is 131 Å². The van der Waals surface area contributed by atoms with E-state index >= 15 is 0 Å². The van der Waals surface area contributed by atoms with E-state index in [1.807, 2.05) is 24.3 Å². The zero-order chi connectivity index (χ0) is 15.2. The maximum Gasteiger partial charge on any atom is 0.185 e. The Hall–Kier alpha value is -1.68. The van der Waals surface area contributed by atoms with E-state index in [4.69, 9.17) is 4.52 Å². The van der Waals surface area contributed by atoms with Crippen molar-refractivity contribution in [1.82, 2.24) is 10.1 Å². The summed E-state index contributed by atoms with van der Waals surface area (Å²) in [5, 5.41) is 4.76. The van der Waals surface area contributed by atoms with Crippen LogP contribution in [0.3, 0.4) is 0 Å². The smallest absolute Gasteiger partial charge is 0.185 e. The summed E-state index contributed by atoms with van der Waals surface area (Å²) in [5.74, 6) is 0.0949. The largest absolute Gasteiger partial charge is 0.356 e. The van der Waals surface area contributed by atoms with Crippen LogP contribution in [0.1, 0.15) is 49.0 Å². The molecule has 22 heavy (non-hydrogen) atoms. The van der Waals surface area contributed by atoms with Crippen LogP contribution in [-0.2, 0) is 0 Å². The number of aromatic nitrogens is 1. The van der Waals surface area contributed by atoms with Gasteiger partial charge in [0.2, 0.25) is 0 Å². The van der Waals surface area contributed by atoms with Crippen LogP contribution >= 0.6 is 0 Å². The van der Waals surface area contributed by atoms with Crippen molar-refractivity contribution in [3.8, 4) is 0 Å². The highest BCUT2D eigenvalue weighted by atomic mass is 16.5. The maximum absolute atomic E-state index is 12.2. The molecule has 2 aromatic rings. The van der Waals surface area contributed by atoms with Crippen LogP contribution in [-0.4, -0.2) is 35.5 Å². The average Bonchev–Trinajstić information content (AvgIpc) is 2.99. The van der Waals surface area contributed by atoms with E-state index in [9.17, 15) is 4.79 Å². The van der Waals surface area contributed by atoms with Crippen molar-refractivity contribution in [2.75, 3.05) is 19.6 Å². The first-order valence-electron chi connectivity index (χ1n) is 8.26. The molecule has 0 N–H and O–H groups in total. The molecule has 1 aromatic carbocycles. The average molecular weight is 299 g/mol. The van der Waals surface area contributed by atoms with E-state index < -0.39 is 0 Å². The molecule has 0 saturated carbocycles. The van der Waals surface area contributed by atoms with Crippen LogP contribution in [0.5, 0.6) is 0 Å². The molecular weight excluding hydrogens is 276 g/mol. The molecule has 0 atom stereocenters. The van der Waals surface area contributed by atoms with Gasteiger partial charge < -0.3 is 9.42 Å². The first kappa shape index (κ1) is 15.2. The van der Waals surface area contributed by atoms with Gasteiger partial charge in [0.1, 0.15) is 0 Å². The Kier molecular flexibility index (Phi) is 5.22. The fourth-order valence-corrected chi connectivity index (χ4v) is 3.03. The highest BCUT2D eigenvalue weighted by molar-refractivity contribution is 6.05. The number of para-hydroxylation sites is 1. The fraction of sp³-hybridized carbons (Fsp3) is 0.500. The molecule has 4 nitrogen and oxygen atoms in total. The molecule has 0 amide bonds. The van der Waals surface area contributed by atoms with Gasteiger partial charge in [-0.15, -0.1) is 0 Å². The lowest BCUT2D eigenvalue weighted by molar-refractivity contribution is 0.0971. The van der Waals surface area contributed by atoms with Crippen molar-refractivity contribution >= 4 is 16.8 Å². The monoisotopic (exact) mass is 299 g/mol. The molecular formula is C18H23N2O2. The Morgan fingerprint density at radius 2 is 1.95 bits per heavy atom. The number of ketones is 1. The van der Waals surface area contributed by atoms with E-state index in [-0.39, 0.29) is 5.78 Å². The fourth-order valence-electron chi connectivity index (χ4n) is 3.03. The molecule has 0 spiro atoms. The lowest BCUT2D eigenvalue weighted by Gasteiger charge is -2.26. The Bertz CT molecular complexity index is 614. The van der Waals surface area contributed by atoms with Gasteiger partial charge in [0, 0.05) is 6.42 Å². The summed E-state index contributed by atoms with van der Waals surface area (Å²) in [7, 11) is 0. The third-order valence-electron chi connectivity index (χ3n) is 4.32. The first-order valence-corrected chi connectivity index (χ1v) is 8.26. The third-order valence-corrected chi connectivity index (χ3v) is 4.32. The van der Waals surface area contributed by atoms with Gasteiger partial charge in [0.25, 0.3) is 0 Å². The molecule has 117 valence electrons. The molecule has 1 radical (unpaired) electrons. The Morgan fingerprint density at radius 1 is 1.14 bits per heavy atom. The van der Waals surface area contributed by atoms with Gasteiger partial charge >= 0.3 is 0 Å². The highest BCUT2D eigenvalue weighted by Crippen LogP contribution is 2.20. The topological polar surface area (TPSA) is 46.3 Å². The van der Waals surface area contributed by atoms with E-state index in [2.05, 4.69) is 16.5 Å². The summed E-state index contributed by atoms with van der Waals surface area (Å²) in [6.07, 6.45) is 8.58. The molecule has 1 aliphatic heterocycles. The summed E-state index contributed by atoms with van der Waals surface area (Å²) >= 11 is 0. The number of hydrogen-bond acceptors (Lipinski definition) is 4. The van der Waals surface area contributed by atoms with Gasteiger partial charge in [-0.25, -0.2) is 0 Å². The molecule has 1 fully saturated rings. The SMILES string of the molecule is O=C(CCCCCN1CC[CH]CC1)c1noc2ccccc12. The number of unbranched alkanes of at least 4 members (excludes halogenated alkanes) is 2. The molecule has 1 saturated heterocycles. The minimum Gasteiger partial charge on any atom is -0.356 e. The second-order valence-electron chi connectivity index (χ2n) is 5.97. The van der Waals surface area contributed by atoms with Crippen LogP contribution in [0.15, 0.2) is 28.8 Å². The lowest BCUT2D eigenvalue weighted by atomic mass is 10.1. The molecule has 0 unspecified atom stereocenters. The maximum atomic E-state index is 12.2. The van der Waals surface area contributed by atoms with Gasteiger partial charge in [-0.1, -0.05) is 23.7 Å². The summed E-state index contributed by atoms with van der Waals surface area (Å²) < 4.78 is 5.20. The normalized spacial score (nSPS) is 16.2. The number of rotatable bonds is 7. The molecule has 4 heteroatoms. The summed E-state index contributed by atoms with van der Waals surface area (Å²) in [4.78, 5) is 14.8. The van der Waals surface area contributed by atoms with Crippen molar-refractivity contribution in [3.05, 3.63) is 36.4 Å². The summed E-state index contributed by atoms with van der Waals surface area (Å²) in [6, 6.07) is 7.54. The van der Waals surface area contributed by atoms with E-state index in [1.165, 1.54) is 32.4 Å². The summed E-state index contributed by atoms with van der Waals surface area (Å²) in [6.45, 7) is 3.56. The molecule has 2 heterocycles. The number of nitrogens with zero attached hydrogens (tertiary/aromatic N) is 2. The van der Waals surface area contributed by atoms with Crippen molar-refractivity contribution in [1.29, 1.82) is 0 Å². The predicted octanol–water partition coefficient (Wildman–Crippen LogP) is 3.87. The number of carbonyl (C=O) groups is 1. The van der Waals surface area contributed by atoms with Crippen LogP contribution in [0.4, 0.5) is 0 Å². The second-order valence-corrected chi connectivity index (χ2v) is 5.97. The number of hydrogen-bond donors (Lipinski definition) is 0. The zero-order valence-corrected chi connectivity index (χ0v) is 13.0. The highest BCUT2D eigenvalue weighted by Gasteiger charge is 2.15. The number of carbonyl (C=O) groups excluding carboxylic acids is 1. The quantitative estimate of drug-likeness (QED) is 0.575. The van der Waals surface area contributed by atoms with Crippen molar-refractivity contribution in [2.24, 2.45) is 0 Å². The number of piperidine rings is 1. The van der Waals surface area contributed by atoms with Crippen LogP contribution in [0.25, 0.3) is 11.0 Å². The van der Waals surface area contributed by atoms with E-state index in [0.717, 1.165) is 24.8 Å². The van der Waals surface area contributed by atoms with Gasteiger partial charge in [0.15, 0.2) is 17.1 Å². The zero-order valence-electron chi connectivity index (χ0n) is 13.0. The van der Waals surface area contributed by atoms with Gasteiger partial charge in [-0.3, -0.25) is 4.79 Å². The molecule has 1 aliphatic rings. The molecule has 1 aromatic heterocycles. The number of likely N-dealkylation sites (tertiary alicyclic amines) is 1. The number of benzene rings is 1. The molecule has 0 aliphatic carbocycles. The van der Waals surface area contributed by atoms with Crippen molar-refractivity contribution in [2.45, 2.75) is 38.5 Å². The van der Waals surface area contributed by atoms with Crippen LogP contribution < -0.4 is 0 Å². The van der Waals surface area contributed by atoms with Gasteiger partial charge in [-0.05, 0) is 63.9 Å². The third kappa shape index (κ3) is 3.74. The van der Waals surface area contributed by atoms with Crippen molar-refractivity contribution < 1.29 is 9.32 Å². The molecule has 3 rings (SSSR count). The minimum absolute atomic E-state index is 0.0949. The summed E-state index contributed by atoms with van der Waals surface area (Å²) in [5.41, 5.74) is 1.18. The van der Waals surface area contributed by atoms with E-state index in [0.29, 0.717) is 17.7 Å². The number of fused-ring (bicyclic) bond motifs is 1. The predicted molar refractivity (Wildman–Crippen MR) is 86.8 cm³/mol. The van der Waals surface area contributed by atoms with Gasteiger partial charge in [-0.2, -0.15) is 0 Å². The minimum atomic E-state index is 0.0949. The lowest BCUT2D eigenvalue weighted by Crippen LogP contribution is -2.30. The van der Waals surface area contributed by atoms with E-state index in [1.54, 1.807) is 0 Å².